The molecule has 24 heavy (non-hydrogen) atoms. The van der Waals surface area contributed by atoms with Gasteiger partial charge in [-0.2, -0.15) is 0 Å². The molecule has 138 valence electrons. The summed E-state index contributed by atoms with van der Waals surface area (Å²) in [7, 11) is 0.633. The van der Waals surface area contributed by atoms with Gasteiger partial charge in [0.25, 0.3) is 0 Å². The zero-order chi connectivity index (χ0) is 19.3. The molecule has 0 aliphatic rings. The normalized spacial score (nSPS) is 10.8. The van der Waals surface area contributed by atoms with Crippen LogP contribution in [0, 0.1) is 0 Å². The van der Waals surface area contributed by atoms with E-state index in [0.717, 1.165) is 34.5 Å². The van der Waals surface area contributed by atoms with Crippen molar-refractivity contribution in [1.29, 1.82) is 0 Å². The van der Waals surface area contributed by atoms with E-state index in [1.165, 1.54) is 6.92 Å². The maximum Gasteiger partial charge on any atom is 0.529 e. The molecule has 0 saturated carbocycles. The maximum atomic E-state index is 11.7. The predicted octanol–water partition coefficient (Wildman–Crippen LogP) is 1.67. The van der Waals surface area contributed by atoms with Crippen LogP contribution in [-0.4, -0.2) is 51.5 Å². The summed E-state index contributed by atoms with van der Waals surface area (Å²) in [6, 6.07) is 0. The lowest BCUT2D eigenvalue weighted by atomic mass is 10.3. The van der Waals surface area contributed by atoms with Crippen LogP contribution in [0.5, 0.6) is 0 Å². The molecule has 0 spiro atoms. The van der Waals surface area contributed by atoms with Gasteiger partial charge in [0, 0.05) is 19.8 Å². The lowest BCUT2D eigenvalue weighted by Crippen LogP contribution is -2.07. The Labute approximate surface area is 139 Å². The largest absolute Gasteiger partial charge is 0.529 e. The summed E-state index contributed by atoms with van der Waals surface area (Å²) in [6.45, 7) is 4.60. The SMILES string of the molecule is C=C(C)C(=O)O.COC(=O)/C=C(/CC(=O)OC)OP(=O)(OC)OC. The first-order valence-electron chi connectivity index (χ1n) is 6.20. The van der Waals surface area contributed by atoms with Crippen LogP contribution in [-0.2, 0) is 42.0 Å². The molecule has 0 heterocycles. The molecule has 0 aromatic carbocycles. The van der Waals surface area contributed by atoms with Crippen molar-refractivity contribution in [2.75, 3.05) is 28.4 Å². The highest BCUT2D eigenvalue weighted by atomic mass is 31.2. The van der Waals surface area contributed by atoms with E-state index in [1.54, 1.807) is 0 Å². The first-order chi connectivity index (χ1) is 11.0. The number of carbonyl (C=O) groups excluding carboxylic acids is 2. The van der Waals surface area contributed by atoms with E-state index < -0.39 is 32.2 Å². The number of hydrogen-bond donors (Lipinski definition) is 1. The molecule has 0 amide bonds. The standard InChI is InChI=1S/C9H15O8P.C4H6O2/c1-13-8(10)5-7(6-9(11)14-2)17-18(12,15-3)16-4;1-3(2)4(5)6/h5H,6H2,1-4H3;1H2,2H3,(H,5,6)/b7-5-;. The number of methoxy groups -OCH3 is 2. The van der Waals surface area contributed by atoms with Crippen molar-refractivity contribution in [1.82, 2.24) is 0 Å². The van der Waals surface area contributed by atoms with Crippen molar-refractivity contribution in [2.24, 2.45) is 0 Å². The first kappa shape index (κ1) is 24.1. The van der Waals surface area contributed by atoms with E-state index in [-0.39, 0.29) is 11.3 Å². The Hall–Kier alpha value is -2.16. The van der Waals surface area contributed by atoms with E-state index in [4.69, 9.17) is 9.63 Å². The summed E-state index contributed by atoms with van der Waals surface area (Å²) >= 11 is 0. The third-order valence-electron chi connectivity index (χ3n) is 2.07. The minimum absolute atomic E-state index is 0.176. The van der Waals surface area contributed by atoms with Crippen LogP contribution >= 0.6 is 7.82 Å². The molecular formula is C13H21O10P. The Kier molecular flexibility index (Phi) is 12.3. The fourth-order valence-corrected chi connectivity index (χ4v) is 1.51. The van der Waals surface area contributed by atoms with Gasteiger partial charge >= 0.3 is 25.7 Å². The zero-order valence-corrected chi connectivity index (χ0v) is 15.0. The molecule has 0 rings (SSSR count). The van der Waals surface area contributed by atoms with Gasteiger partial charge in [-0.05, 0) is 6.92 Å². The number of rotatable bonds is 8. The van der Waals surface area contributed by atoms with Crippen molar-refractivity contribution in [3.8, 4) is 0 Å². The van der Waals surface area contributed by atoms with Gasteiger partial charge < -0.3 is 19.1 Å². The maximum absolute atomic E-state index is 11.7. The highest BCUT2D eigenvalue weighted by Gasteiger charge is 2.27. The van der Waals surface area contributed by atoms with Crippen molar-refractivity contribution < 1.29 is 47.1 Å². The van der Waals surface area contributed by atoms with Crippen LogP contribution in [0.25, 0.3) is 0 Å². The van der Waals surface area contributed by atoms with Crippen molar-refractivity contribution in [3.05, 3.63) is 24.0 Å². The Morgan fingerprint density at radius 1 is 1.08 bits per heavy atom. The molecule has 0 aromatic rings. The van der Waals surface area contributed by atoms with Gasteiger partial charge in [-0.1, -0.05) is 6.58 Å². The smallest absolute Gasteiger partial charge is 0.478 e. The summed E-state index contributed by atoms with van der Waals surface area (Å²) < 4.78 is 34.3. The second kappa shape index (κ2) is 12.3. The Balaban J connectivity index is 0. The molecule has 1 N–H and O–H groups in total. The number of carbonyl (C=O) groups is 3. The van der Waals surface area contributed by atoms with Crippen LogP contribution in [0.15, 0.2) is 24.0 Å². The lowest BCUT2D eigenvalue weighted by molar-refractivity contribution is -0.140. The van der Waals surface area contributed by atoms with E-state index >= 15 is 0 Å². The Bertz CT molecular complexity index is 517. The van der Waals surface area contributed by atoms with E-state index in [0.29, 0.717) is 0 Å². The lowest BCUT2D eigenvalue weighted by Gasteiger charge is -2.15. The first-order valence-corrected chi connectivity index (χ1v) is 7.66. The third kappa shape index (κ3) is 11.4. The summed E-state index contributed by atoms with van der Waals surface area (Å²) in [5, 5.41) is 7.89. The number of esters is 2. The minimum atomic E-state index is -3.85. The molecule has 0 radical (unpaired) electrons. The number of hydrogen-bond acceptors (Lipinski definition) is 9. The van der Waals surface area contributed by atoms with Crippen LogP contribution in [0.1, 0.15) is 13.3 Å². The Morgan fingerprint density at radius 2 is 1.54 bits per heavy atom. The summed E-state index contributed by atoms with van der Waals surface area (Å²) in [5.41, 5.74) is 0.176. The number of aliphatic carboxylic acids is 1. The van der Waals surface area contributed by atoms with Gasteiger partial charge in [0.15, 0.2) is 0 Å². The molecule has 0 bridgehead atoms. The van der Waals surface area contributed by atoms with Gasteiger partial charge in [0.05, 0.1) is 20.3 Å². The Morgan fingerprint density at radius 3 is 1.83 bits per heavy atom. The number of carboxylic acids is 1. The van der Waals surface area contributed by atoms with Crippen LogP contribution < -0.4 is 0 Å². The molecule has 0 saturated heterocycles. The molecule has 10 nitrogen and oxygen atoms in total. The number of ether oxygens (including phenoxy) is 2. The van der Waals surface area contributed by atoms with Crippen molar-refractivity contribution in [3.63, 3.8) is 0 Å². The highest BCUT2D eigenvalue weighted by molar-refractivity contribution is 7.48. The molecule has 0 aliphatic carbocycles. The average molecular weight is 368 g/mol. The van der Waals surface area contributed by atoms with E-state index in [1.807, 2.05) is 0 Å². The molecule has 0 fully saturated rings. The third-order valence-corrected chi connectivity index (χ3v) is 3.42. The van der Waals surface area contributed by atoms with Crippen molar-refractivity contribution >= 4 is 25.7 Å². The molecule has 0 atom stereocenters. The van der Waals surface area contributed by atoms with Crippen LogP contribution in [0.2, 0.25) is 0 Å². The molecule has 0 unspecified atom stereocenters. The van der Waals surface area contributed by atoms with Gasteiger partial charge in [-0.15, -0.1) is 0 Å². The second-order valence-electron chi connectivity index (χ2n) is 3.88. The summed E-state index contributed by atoms with van der Waals surface area (Å²) in [6.07, 6.45) is 0.434. The second-order valence-corrected chi connectivity index (χ2v) is 5.68. The average Bonchev–Trinajstić information content (AvgIpc) is 2.54. The molecular weight excluding hydrogens is 347 g/mol. The zero-order valence-electron chi connectivity index (χ0n) is 14.1. The fourth-order valence-electron chi connectivity index (χ4n) is 0.807. The quantitative estimate of drug-likeness (QED) is 0.292. The van der Waals surface area contributed by atoms with E-state index in [9.17, 15) is 18.9 Å². The van der Waals surface area contributed by atoms with Crippen LogP contribution in [0.4, 0.5) is 0 Å². The minimum Gasteiger partial charge on any atom is -0.478 e. The molecule has 0 aromatic heterocycles. The predicted molar refractivity (Wildman–Crippen MR) is 81.9 cm³/mol. The number of phosphoric ester groups is 1. The van der Waals surface area contributed by atoms with Crippen molar-refractivity contribution in [2.45, 2.75) is 13.3 Å². The summed E-state index contributed by atoms with van der Waals surface area (Å²) in [4.78, 5) is 31.7. The fraction of sp³-hybridized carbons (Fsp3) is 0.462. The van der Waals surface area contributed by atoms with E-state index in [2.05, 4.69) is 25.1 Å². The summed E-state index contributed by atoms with van der Waals surface area (Å²) in [5.74, 6) is -2.66. The monoisotopic (exact) mass is 368 g/mol. The van der Waals surface area contributed by atoms with Gasteiger partial charge in [0.2, 0.25) is 0 Å². The van der Waals surface area contributed by atoms with Gasteiger partial charge in [-0.25, -0.2) is 14.2 Å². The van der Waals surface area contributed by atoms with Crippen LogP contribution in [0.3, 0.4) is 0 Å². The topological polar surface area (TPSA) is 135 Å². The number of phosphoric acid groups is 1. The highest BCUT2D eigenvalue weighted by Crippen LogP contribution is 2.50. The molecule has 0 aliphatic heterocycles. The molecule has 11 heteroatoms. The van der Waals surface area contributed by atoms with Gasteiger partial charge in [-0.3, -0.25) is 13.8 Å². The van der Waals surface area contributed by atoms with Gasteiger partial charge in [0.1, 0.15) is 12.2 Å². The number of carboxylic acid groups (broad SMARTS) is 1.